The molecule has 1 N–H and O–H groups in total. The fourth-order valence-corrected chi connectivity index (χ4v) is 3.99. The lowest BCUT2D eigenvalue weighted by atomic mass is 10.0. The van der Waals surface area contributed by atoms with Crippen molar-refractivity contribution < 1.29 is 13.9 Å². The Kier molecular flexibility index (Phi) is 4.65. The molecule has 0 aliphatic carbocycles. The Labute approximate surface area is 177 Å². The predicted molar refractivity (Wildman–Crippen MR) is 115 cm³/mol. The summed E-state index contributed by atoms with van der Waals surface area (Å²) in [4.78, 5) is 21.9. The van der Waals surface area contributed by atoms with Gasteiger partial charge in [0.2, 0.25) is 17.7 Å². The van der Waals surface area contributed by atoms with Crippen molar-refractivity contribution >= 4 is 28.3 Å². The molecule has 1 aromatic carbocycles. The minimum Gasteiger partial charge on any atom is -0.479 e. The van der Waals surface area contributed by atoms with Gasteiger partial charge in [0.05, 0.1) is 25.2 Å². The van der Waals surface area contributed by atoms with Gasteiger partial charge in [0.1, 0.15) is 11.7 Å². The third-order valence-corrected chi connectivity index (χ3v) is 5.59. The van der Waals surface area contributed by atoms with Gasteiger partial charge in [0.25, 0.3) is 0 Å². The average molecular weight is 420 g/mol. The van der Waals surface area contributed by atoms with E-state index in [1.807, 2.05) is 36.5 Å². The molecular formula is C22H21FN6O2. The Morgan fingerprint density at radius 1 is 1.26 bits per heavy atom. The SMILES string of the molecule is COc1nc(N[C@@H]2CN(C(C)=O)C[C@@H]2F)nn2ccc(-c3ccc4ncccc4c3)c12. The molecule has 0 unspecified atom stereocenters. The molecule has 5 rings (SSSR count). The van der Waals surface area contributed by atoms with Crippen LogP contribution in [0.2, 0.25) is 0 Å². The maximum absolute atomic E-state index is 14.4. The first-order chi connectivity index (χ1) is 15.0. The molecule has 31 heavy (non-hydrogen) atoms. The number of aromatic nitrogens is 4. The number of fused-ring (bicyclic) bond motifs is 2. The summed E-state index contributed by atoms with van der Waals surface area (Å²) in [5.41, 5.74) is 3.54. The number of likely N-dealkylation sites (tertiary alicyclic amines) is 1. The summed E-state index contributed by atoms with van der Waals surface area (Å²) in [6.45, 7) is 1.77. The van der Waals surface area contributed by atoms with E-state index >= 15 is 0 Å². The van der Waals surface area contributed by atoms with Crippen molar-refractivity contribution in [3.05, 3.63) is 48.8 Å². The van der Waals surface area contributed by atoms with Crippen molar-refractivity contribution in [2.45, 2.75) is 19.1 Å². The molecule has 3 aromatic heterocycles. The second-order valence-electron chi connectivity index (χ2n) is 7.57. The van der Waals surface area contributed by atoms with Gasteiger partial charge in [-0.1, -0.05) is 12.1 Å². The van der Waals surface area contributed by atoms with Crippen LogP contribution < -0.4 is 10.1 Å². The second-order valence-corrected chi connectivity index (χ2v) is 7.57. The normalized spacial score (nSPS) is 18.6. The number of nitrogens with one attached hydrogen (secondary N) is 1. The molecule has 0 saturated carbocycles. The zero-order chi connectivity index (χ0) is 21.5. The fourth-order valence-electron chi connectivity index (χ4n) is 3.99. The number of hydrogen-bond donors (Lipinski definition) is 1. The summed E-state index contributed by atoms with van der Waals surface area (Å²) in [5.74, 6) is 0.467. The van der Waals surface area contributed by atoms with Crippen LogP contribution in [0.25, 0.3) is 27.5 Å². The maximum atomic E-state index is 14.4. The van der Waals surface area contributed by atoms with E-state index in [0.717, 1.165) is 22.0 Å². The van der Waals surface area contributed by atoms with E-state index in [-0.39, 0.29) is 24.9 Å². The van der Waals surface area contributed by atoms with Gasteiger partial charge < -0.3 is 15.0 Å². The number of carbonyl (C=O) groups excluding carboxylic acids is 1. The number of nitrogens with zero attached hydrogens (tertiary/aromatic N) is 5. The van der Waals surface area contributed by atoms with Crippen LogP contribution in [-0.4, -0.2) is 62.8 Å². The Morgan fingerprint density at radius 3 is 2.90 bits per heavy atom. The molecule has 1 saturated heterocycles. The average Bonchev–Trinajstić information content (AvgIpc) is 3.37. The van der Waals surface area contributed by atoms with E-state index in [0.29, 0.717) is 11.4 Å². The number of methoxy groups -OCH3 is 1. The van der Waals surface area contributed by atoms with Crippen LogP contribution in [0.3, 0.4) is 0 Å². The highest BCUT2D eigenvalue weighted by Crippen LogP contribution is 2.33. The van der Waals surface area contributed by atoms with E-state index in [1.54, 1.807) is 10.7 Å². The highest BCUT2D eigenvalue weighted by Gasteiger charge is 2.34. The molecule has 1 amide bonds. The highest BCUT2D eigenvalue weighted by atomic mass is 19.1. The molecule has 1 aliphatic heterocycles. The van der Waals surface area contributed by atoms with Crippen LogP contribution in [0, 0.1) is 0 Å². The monoisotopic (exact) mass is 420 g/mol. The number of alkyl halides is 1. The number of halogens is 1. The Bertz CT molecular complexity index is 1290. The largest absolute Gasteiger partial charge is 0.479 e. The number of anilines is 1. The fraction of sp³-hybridized carbons (Fsp3) is 0.273. The van der Waals surface area contributed by atoms with E-state index in [2.05, 4.69) is 26.4 Å². The lowest BCUT2D eigenvalue weighted by Gasteiger charge is -2.16. The third-order valence-electron chi connectivity index (χ3n) is 5.59. The molecule has 2 atom stereocenters. The van der Waals surface area contributed by atoms with Gasteiger partial charge in [0, 0.05) is 36.8 Å². The van der Waals surface area contributed by atoms with Crippen LogP contribution in [0.1, 0.15) is 6.92 Å². The molecule has 158 valence electrons. The molecule has 4 aromatic rings. The number of hydrogen-bond acceptors (Lipinski definition) is 6. The molecule has 0 radical (unpaired) electrons. The first kappa shape index (κ1) is 19.2. The molecule has 8 nitrogen and oxygen atoms in total. The number of carbonyl (C=O) groups is 1. The van der Waals surface area contributed by atoms with Crippen LogP contribution in [0.15, 0.2) is 48.8 Å². The maximum Gasteiger partial charge on any atom is 0.244 e. The number of benzene rings is 1. The van der Waals surface area contributed by atoms with Crippen LogP contribution in [-0.2, 0) is 4.79 Å². The first-order valence-electron chi connectivity index (χ1n) is 9.98. The van der Waals surface area contributed by atoms with Crippen LogP contribution >= 0.6 is 0 Å². The Hall–Kier alpha value is -3.75. The van der Waals surface area contributed by atoms with Gasteiger partial charge in [0.15, 0.2) is 0 Å². The summed E-state index contributed by atoms with van der Waals surface area (Å²) in [5, 5.41) is 8.54. The van der Waals surface area contributed by atoms with Crippen molar-refractivity contribution in [3.8, 4) is 17.0 Å². The van der Waals surface area contributed by atoms with E-state index < -0.39 is 12.2 Å². The van der Waals surface area contributed by atoms with Gasteiger partial charge in [-0.25, -0.2) is 8.91 Å². The summed E-state index contributed by atoms with van der Waals surface area (Å²) in [7, 11) is 1.54. The summed E-state index contributed by atoms with van der Waals surface area (Å²) in [6.07, 6.45) is 2.39. The number of pyridine rings is 1. The standard InChI is InChI=1S/C22H21FN6O2/c1-13(30)28-11-17(23)19(12-28)25-22-26-21(31-2)20-16(7-9-29(20)27-22)14-5-6-18-15(10-14)4-3-8-24-18/h3-10,17,19H,11-12H2,1-2H3,(H,25,27)/t17-,19+/m0/s1. The van der Waals surface area contributed by atoms with E-state index in [1.165, 1.54) is 18.9 Å². The van der Waals surface area contributed by atoms with Crippen molar-refractivity contribution in [1.29, 1.82) is 0 Å². The van der Waals surface area contributed by atoms with Crippen molar-refractivity contribution in [2.24, 2.45) is 0 Å². The summed E-state index contributed by atoms with van der Waals surface area (Å²) < 4.78 is 21.6. The van der Waals surface area contributed by atoms with Crippen LogP contribution in [0.5, 0.6) is 5.88 Å². The Morgan fingerprint density at radius 2 is 2.13 bits per heavy atom. The molecule has 4 heterocycles. The molecule has 1 aliphatic rings. The number of ether oxygens (including phenoxy) is 1. The second kappa shape index (κ2) is 7.50. The lowest BCUT2D eigenvalue weighted by Crippen LogP contribution is -2.32. The molecule has 0 spiro atoms. The minimum absolute atomic E-state index is 0.0663. The zero-order valence-electron chi connectivity index (χ0n) is 17.1. The third kappa shape index (κ3) is 3.41. The molecule has 9 heteroatoms. The molecule has 0 bridgehead atoms. The number of rotatable bonds is 4. The summed E-state index contributed by atoms with van der Waals surface area (Å²) in [6, 6.07) is 11.3. The van der Waals surface area contributed by atoms with E-state index in [4.69, 9.17) is 4.74 Å². The number of amides is 1. The summed E-state index contributed by atoms with van der Waals surface area (Å²) >= 11 is 0. The van der Waals surface area contributed by atoms with Crippen molar-refractivity contribution in [2.75, 3.05) is 25.5 Å². The van der Waals surface area contributed by atoms with Gasteiger partial charge >= 0.3 is 0 Å². The molecule has 1 fully saturated rings. The van der Waals surface area contributed by atoms with Crippen molar-refractivity contribution in [1.82, 2.24) is 24.5 Å². The minimum atomic E-state index is -1.19. The van der Waals surface area contributed by atoms with Crippen molar-refractivity contribution in [3.63, 3.8) is 0 Å². The van der Waals surface area contributed by atoms with E-state index in [9.17, 15) is 9.18 Å². The quantitative estimate of drug-likeness (QED) is 0.547. The zero-order valence-corrected chi connectivity index (χ0v) is 17.1. The lowest BCUT2D eigenvalue weighted by molar-refractivity contribution is -0.128. The predicted octanol–water partition coefficient (Wildman–Crippen LogP) is 2.93. The van der Waals surface area contributed by atoms with Crippen LogP contribution in [0.4, 0.5) is 10.3 Å². The van der Waals surface area contributed by atoms with Gasteiger partial charge in [-0.05, 0) is 29.8 Å². The topological polar surface area (TPSA) is 84.6 Å². The smallest absolute Gasteiger partial charge is 0.244 e. The highest BCUT2D eigenvalue weighted by molar-refractivity contribution is 5.90. The Balaban J connectivity index is 1.51. The molecular weight excluding hydrogens is 399 g/mol. The van der Waals surface area contributed by atoms with Gasteiger partial charge in [-0.2, -0.15) is 4.98 Å². The first-order valence-corrected chi connectivity index (χ1v) is 9.98. The van der Waals surface area contributed by atoms with Gasteiger partial charge in [-0.15, -0.1) is 5.10 Å². The van der Waals surface area contributed by atoms with Gasteiger partial charge in [-0.3, -0.25) is 9.78 Å².